The van der Waals surface area contributed by atoms with Crippen LogP contribution in [-0.4, -0.2) is 37.0 Å². The van der Waals surface area contributed by atoms with Gasteiger partial charge in [0.1, 0.15) is 11.5 Å². The molecule has 0 radical (unpaired) electrons. The van der Waals surface area contributed by atoms with Crippen LogP contribution in [0.5, 0.6) is 5.75 Å². The normalized spacial score (nSPS) is 16.7. The number of amides is 1. The maximum absolute atomic E-state index is 13.4. The van der Waals surface area contributed by atoms with Crippen LogP contribution in [0.4, 0.5) is 5.69 Å². The molecule has 1 unspecified atom stereocenters. The summed E-state index contributed by atoms with van der Waals surface area (Å²) in [6.07, 6.45) is 0. The van der Waals surface area contributed by atoms with Crippen LogP contribution in [0, 0.1) is 0 Å². The predicted octanol–water partition coefficient (Wildman–Crippen LogP) is 5.26. The number of hydrogen-bond acceptors (Lipinski definition) is 6. The smallest absolute Gasteiger partial charge is 0.337 e. The topological polar surface area (TPSA) is 93.1 Å². The number of fused-ring (bicyclic) bond motifs is 1. The summed E-state index contributed by atoms with van der Waals surface area (Å²) >= 11 is 0. The summed E-state index contributed by atoms with van der Waals surface area (Å²) in [5, 5.41) is 13.3. The minimum Gasteiger partial charge on any atom is -0.507 e. The fourth-order valence-electron chi connectivity index (χ4n) is 4.57. The number of hydrogen-bond donors (Lipinski definition) is 1. The van der Waals surface area contributed by atoms with Crippen molar-refractivity contribution in [2.75, 3.05) is 19.1 Å². The van der Waals surface area contributed by atoms with Crippen molar-refractivity contribution in [2.45, 2.75) is 6.04 Å². The zero-order valence-corrected chi connectivity index (χ0v) is 20.2. The van der Waals surface area contributed by atoms with Crippen molar-refractivity contribution in [3.63, 3.8) is 0 Å². The number of nitrogens with zero attached hydrogens (tertiary/aromatic N) is 1. The Morgan fingerprint density at radius 1 is 0.811 bits per heavy atom. The highest BCUT2D eigenvalue weighted by Gasteiger charge is 2.47. The summed E-state index contributed by atoms with van der Waals surface area (Å²) < 4.78 is 10.0. The van der Waals surface area contributed by atoms with Crippen molar-refractivity contribution in [3.8, 4) is 5.75 Å². The fourth-order valence-corrected chi connectivity index (χ4v) is 4.57. The van der Waals surface area contributed by atoms with Crippen molar-refractivity contribution in [2.24, 2.45) is 0 Å². The van der Waals surface area contributed by atoms with Gasteiger partial charge in [0.15, 0.2) is 0 Å². The zero-order valence-electron chi connectivity index (χ0n) is 20.2. The maximum Gasteiger partial charge on any atom is 0.337 e. The molecule has 4 aromatic carbocycles. The second-order valence-corrected chi connectivity index (χ2v) is 8.54. The molecule has 0 saturated carbocycles. The number of Topliss-reactive ketones (excluding diaryl/α,β-unsaturated/α-hetero) is 1. The van der Waals surface area contributed by atoms with E-state index >= 15 is 0 Å². The van der Waals surface area contributed by atoms with Gasteiger partial charge < -0.3 is 14.6 Å². The number of carbonyl (C=O) groups excluding carboxylic acids is 3. The molecule has 1 aliphatic rings. The monoisotopic (exact) mass is 493 g/mol. The Bertz CT molecular complexity index is 1550. The molecule has 1 aliphatic heterocycles. The van der Waals surface area contributed by atoms with E-state index in [0.29, 0.717) is 28.1 Å². The Balaban J connectivity index is 1.68. The lowest BCUT2D eigenvalue weighted by atomic mass is 9.94. The van der Waals surface area contributed by atoms with E-state index in [0.717, 1.165) is 10.8 Å². The molecule has 1 saturated heterocycles. The number of aliphatic hydroxyl groups is 1. The van der Waals surface area contributed by atoms with Gasteiger partial charge in [0.2, 0.25) is 0 Å². The molecule has 0 aromatic heterocycles. The van der Waals surface area contributed by atoms with E-state index in [9.17, 15) is 19.5 Å². The number of ether oxygens (including phenoxy) is 2. The van der Waals surface area contributed by atoms with E-state index in [1.807, 2.05) is 30.3 Å². The Morgan fingerprint density at radius 2 is 1.46 bits per heavy atom. The molecule has 7 heteroatoms. The van der Waals surface area contributed by atoms with Gasteiger partial charge in [-0.2, -0.15) is 0 Å². The van der Waals surface area contributed by atoms with Gasteiger partial charge in [-0.15, -0.1) is 0 Å². The van der Waals surface area contributed by atoms with Gasteiger partial charge in [-0.05, 0) is 58.8 Å². The van der Waals surface area contributed by atoms with E-state index in [1.54, 1.807) is 55.6 Å². The Hall–Kier alpha value is -4.91. The zero-order chi connectivity index (χ0) is 26.1. The lowest BCUT2D eigenvalue weighted by Gasteiger charge is -2.25. The number of carbonyl (C=O) groups is 3. The van der Waals surface area contributed by atoms with E-state index in [2.05, 4.69) is 0 Å². The van der Waals surface area contributed by atoms with Gasteiger partial charge in [-0.25, -0.2) is 4.79 Å². The molecular weight excluding hydrogens is 470 g/mol. The molecule has 37 heavy (non-hydrogen) atoms. The molecule has 0 bridgehead atoms. The molecule has 1 amide bonds. The summed E-state index contributed by atoms with van der Waals surface area (Å²) in [6.45, 7) is 0. The summed E-state index contributed by atoms with van der Waals surface area (Å²) in [5.41, 5.74) is 1.71. The molecular formula is C30H23NO6. The summed E-state index contributed by atoms with van der Waals surface area (Å²) in [5.74, 6) is -1.76. The Labute approximate surface area is 213 Å². The Morgan fingerprint density at radius 3 is 2.11 bits per heavy atom. The van der Waals surface area contributed by atoms with E-state index in [1.165, 1.54) is 24.1 Å². The van der Waals surface area contributed by atoms with Gasteiger partial charge in [-0.1, -0.05) is 48.5 Å². The molecule has 7 nitrogen and oxygen atoms in total. The first kappa shape index (κ1) is 23.8. The van der Waals surface area contributed by atoms with E-state index in [4.69, 9.17) is 9.47 Å². The van der Waals surface area contributed by atoms with E-state index < -0.39 is 23.7 Å². The molecule has 1 atom stereocenters. The van der Waals surface area contributed by atoms with Crippen molar-refractivity contribution in [3.05, 3.63) is 113 Å². The standard InChI is InChI=1S/C30H23NO6/c1-36-24-15-11-19(12-16-24)26-25(27(32)22-8-7-18-5-3-4-6-21(18)17-22)28(33)29(34)31(26)23-13-9-20(10-14-23)30(35)37-2/h3-17,26,32H,1-2H3/b27-25-. The number of rotatable bonds is 5. The van der Waals surface area contributed by atoms with Crippen LogP contribution in [0.3, 0.4) is 0 Å². The average molecular weight is 494 g/mol. The van der Waals surface area contributed by atoms with Crippen molar-refractivity contribution >= 4 is 39.9 Å². The van der Waals surface area contributed by atoms with E-state index in [-0.39, 0.29) is 11.3 Å². The van der Waals surface area contributed by atoms with Gasteiger partial charge >= 0.3 is 5.97 Å². The van der Waals surface area contributed by atoms with Crippen LogP contribution in [0.1, 0.15) is 27.5 Å². The molecule has 4 aromatic rings. The first-order chi connectivity index (χ1) is 17.9. The fraction of sp³-hybridized carbons (Fsp3) is 0.100. The number of anilines is 1. The highest BCUT2D eigenvalue weighted by atomic mass is 16.5. The minimum absolute atomic E-state index is 0.0255. The second-order valence-electron chi connectivity index (χ2n) is 8.54. The van der Waals surface area contributed by atoms with Crippen LogP contribution in [0.15, 0.2) is 96.6 Å². The lowest BCUT2D eigenvalue weighted by molar-refractivity contribution is -0.132. The largest absolute Gasteiger partial charge is 0.507 e. The molecule has 1 heterocycles. The Kier molecular flexibility index (Phi) is 6.19. The first-order valence-corrected chi connectivity index (χ1v) is 11.6. The summed E-state index contributed by atoms with van der Waals surface area (Å²) in [6, 6.07) is 25.3. The summed E-state index contributed by atoms with van der Waals surface area (Å²) in [4.78, 5) is 40.0. The van der Waals surface area contributed by atoms with Crippen LogP contribution in [0.2, 0.25) is 0 Å². The molecule has 0 aliphatic carbocycles. The molecule has 1 N–H and O–H groups in total. The molecule has 5 rings (SSSR count). The quantitative estimate of drug-likeness (QED) is 0.176. The van der Waals surface area contributed by atoms with Crippen LogP contribution in [0.25, 0.3) is 16.5 Å². The highest BCUT2D eigenvalue weighted by molar-refractivity contribution is 6.51. The van der Waals surface area contributed by atoms with Crippen LogP contribution >= 0.6 is 0 Å². The number of aliphatic hydroxyl groups excluding tert-OH is 1. The van der Waals surface area contributed by atoms with Crippen molar-refractivity contribution in [1.29, 1.82) is 0 Å². The number of esters is 1. The molecule has 0 spiro atoms. The SMILES string of the molecule is COC(=O)c1ccc(N2C(=O)C(=O)/C(=C(\O)c3ccc4ccccc4c3)C2c2ccc(OC)cc2)cc1. The average Bonchev–Trinajstić information content (AvgIpc) is 3.21. The number of ketones is 1. The second kappa shape index (κ2) is 9.62. The third-order valence-corrected chi connectivity index (χ3v) is 6.47. The third kappa shape index (κ3) is 4.21. The maximum atomic E-state index is 13.4. The van der Waals surface area contributed by atoms with Crippen molar-refractivity contribution < 1.29 is 29.0 Å². The predicted molar refractivity (Wildman–Crippen MR) is 140 cm³/mol. The molecule has 1 fully saturated rings. The van der Waals surface area contributed by atoms with Crippen LogP contribution < -0.4 is 9.64 Å². The van der Waals surface area contributed by atoms with Gasteiger partial charge in [0.05, 0.1) is 31.4 Å². The highest BCUT2D eigenvalue weighted by Crippen LogP contribution is 2.42. The van der Waals surface area contributed by atoms with Gasteiger partial charge in [-0.3, -0.25) is 14.5 Å². The summed E-state index contributed by atoms with van der Waals surface area (Å²) in [7, 11) is 2.83. The van der Waals surface area contributed by atoms with Crippen molar-refractivity contribution in [1.82, 2.24) is 0 Å². The first-order valence-electron chi connectivity index (χ1n) is 11.6. The number of benzene rings is 4. The third-order valence-electron chi connectivity index (χ3n) is 6.47. The van der Waals surface area contributed by atoms with Gasteiger partial charge in [0, 0.05) is 11.3 Å². The lowest BCUT2D eigenvalue weighted by Crippen LogP contribution is -2.29. The van der Waals surface area contributed by atoms with Gasteiger partial charge in [0.25, 0.3) is 11.7 Å². The minimum atomic E-state index is -0.902. The van der Waals surface area contributed by atoms with Crippen LogP contribution in [-0.2, 0) is 14.3 Å². The number of methoxy groups -OCH3 is 2. The molecule has 184 valence electrons.